The minimum absolute atomic E-state index is 0.00606. The van der Waals surface area contributed by atoms with Crippen molar-refractivity contribution in [1.82, 2.24) is 9.88 Å². The van der Waals surface area contributed by atoms with Gasteiger partial charge in [-0.05, 0) is 12.1 Å². The molecule has 1 aromatic carbocycles. The number of morpholine rings is 1. The lowest BCUT2D eigenvalue weighted by atomic mass is 10.2. The van der Waals surface area contributed by atoms with E-state index in [1.54, 1.807) is 7.11 Å². The third-order valence-corrected chi connectivity index (χ3v) is 3.61. The Labute approximate surface area is 117 Å². The Morgan fingerprint density at radius 3 is 3.15 bits per heavy atom. The van der Waals surface area contributed by atoms with Crippen molar-refractivity contribution in [2.45, 2.75) is 6.04 Å². The summed E-state index contributed by atoms with van der Waals surface area (Å²) in [6.07, 6.45) is 0. The van der Waals surface area contributed by atoms with Crippen LogP contribution in [0, 0.1) is 0 Å². The van der Waals surface area contributed by atoms with Gasteiger partial charge in [0, 0.05) is 24.6 Å². The quantitative estimate of drug-likeness (QED) is 0.926. The van der Waals surface area contributed by atoms with Crippen LogP contribution in [0.5, 0.6) is 0 Å². The molecule has 0 radical (unpaired) electrons. The lowest BCUT2D eigenvalue weighted by Crippen LogP contribution is -2.50. The fraction of sp³-hybridized carbons (Fsp3) is 0.400. The zero-order valence-electron chi connectivity index (χ0n) is 11.5. The maximum absolute atomic E-state index is 12.6. The third-order valence-electron chi connectivity index (χ3n) is 3.61. The van der Waals surface area contributed by atoms with Crippen molar-refractivity contribution >= 4 is 16.8 Å². The van der Waals surface area contributed by atoms with Crippen molar-refractivity contribution in [3.8, 4) is 0 Å². The summed E-state index contributed by atoms with van der Waals surface area (Å²) in [7, 11) is 1.64. The molecule has 0 saturated carbocycles. The molecular weight excluding hydrogens is 256 g/mol. The van der Waals surface area contributed by atoms with Gasteiger partial charge in [0.25, 0.3) is 5.91 Å². The Morgan fingerprint density at radius 1 is 1.50 bits per heavy atom. The highest BCUT2D eigenvalue weighted by Gasteiger charge is 2.28. The molecule has 3 rings (SSSR count). The molecule has 20 heavy (non-hydrogen) atoms. The molecule has 0 bridgehead atoms. The van der Waals surface area contributed by atoms with Crippen LogP contribution in [0.2, 0.25) is 0 Å². The van der Waals surface area contributed by atoms with Crippen LogP contribution in [0.4, 0.5) is 0 Å². The van der Waals surface area contributed by atoms with Crippen LogP contribution in [-0.2, 0) is 9.47 Å². The first-order chi connectivity index (χ1) is 9.79. The minimum Gasteiger partial charge on any atom is -0.382 e. The zero-order chi connectivity index (χ0) is 13.9. The molecule has 1 saturated heterocycles. The van der Waals surface area contributed by atoms with Crippen molar-refractivity contribution in [2.75, 3.05) is 33.5 Å². The van der Waals surface area contributed by atoms with Gasteiger partial charge in [0.15, 0.2) is 0 Å². The van der Waals surface area contributed by atoms with Gasteiger partial charge in [-0.25, -0.2) is 0 Å². The van der Waals surface area contributed by atoms with Crippen LogP contribution in [0.1, 0.15) is 10.5 Å². The Kier molecular flexibility index (Phi) is 3.71. The number of aromatic amines is 1. The Morgan fingerprint density at radius 2 is 2.35 bits per heavy atom. The number of para-hydroxylation sites is 1. The molecule has 2 heterocycles. The molecule has 106 valence electrons. The number of hydrogen-bond acceptors (Lipinski definition) is 3. The van der Waals surface area contributed by atoms with Gasteiger partial charge in [0.05, 0.1) is 25.9 Å². The first-order valence-corrected chi connectivity index (χ1v) is 6.75. The van der Waals surface area contributed by atoms with Gasteiger partial charge in [-0.2, -0.15) is 0 Å². The number of fused-ring (bicyclic) bond motifs is 1. The molecule has 1 unspecified atom stereocenters. The maximum atomic E-state index is 12.6. The number of aromatic nitrogens is 1. The van der Waals surface area contributed by atoms with Crippen LogP contribution in [0.3, 0.4) is 0 Å². The topological polar surface area (TPSA) is 54.6 Å². The average Bonchev–Trinajstić information content (AvgIpc) is 2.91. The SMILES string of the molecule is COCC1COCCN1C(=O)c1cc2ccccc2[nH]1. The molecule has 1 N–H and O–H groups in total. The largest absolute Gasteiger partial charge is 0.382 e. The molecule has 1 aliphatic heterocycles. The number of hydrogen-bond donors (Lipinski definition) is 1. The number of carbonyl (C=O) groups is 1. The van der Waals surface area contributed by atoms with Crippen LogP contribution < -0.4 is 0 Å². The highest BCUT2D eigenvalue weighted by atomic mass is 16.5. The van der Waals surface area contributed by atoms with E-state index in [0.717, 1.165) is 10.9 Å². The van der Waals surface area contributed by atoms with Crippen LogP contribution in [0.25, 0.3) is 10.9 Å². The lowest BCUT2D eigenvalue weighted by Gasteiger charge is -2.34. The van der Waals surface area contributed by atoms with Crippen molar-refractivity contribution in [3.05, 3.63) is 36.0 Å². The number of rotatable bonds is 3. The summed E-state index contributed by atoms with van der Waals surface area (Å²) in [4.78, 5) is 17.7. The van der Waals surface area contributed by atoms with E-state index in [0.29, 0.717) is 32.1 Å². The third kappa shape index (κ3) is 2.42. The maximum Gasteiger partial charge on any atom is 0.270 e. The standard InChI is InChI=1S/C15H18N2O3/c1-19-9-12-10-20-7-6-17(12)15(18)14-8-11-4-2-3-5-13(11)16-14/h2-5,8,12,16H,6-7,9-10H2,1H3. The van der Waals surface area contributed by atoms with E-state index < -0.39 is 0 Å². The summed E-state index contributed by atoms with van der Waals surface area (Å²) in [5.41, 5.74) is 1.60. The van der Waals surface area contributed by atoms with E-state index in [1.807, 2.05) is 35.2 Å². The molecule has 1 amide bonds. The molecule has 1 aliphatic rings. The van der Waals surface area contributed by atoms with Crippen molar-refractivity contribution < 1.29 is 14.3 Å². The average molecular weight is 274 g/mol. The summed E-state index contributed by atoms with van der Waals surface area (Å²) in [5.74, 6) is 0.00606. The van der Waals surface area contributed by atoms with Gasteiger partial charge >= 0.3 is 0 Å². The fourth-order valence-electron chi connectivity index (χ4n) is 2.60. The van der Waals surface area contributed by atoms with Gasteiger partial charge < -0.3 is 19.4 Å². The van der Waals surface area contributed by atoms with Crippen LogP contribution in [0.15, 0.2) is 30.3 Å². The number of carbonyl (C=O) groups excluding carboxylic acids is 1. The van der Waals surface area contributed by atoms with E-state index in [2.05, 4.69) is 4.98 Å². The molecule has 0 aliphatic carbocycles. The summed E-state index contributed by atoms with van der Waals surface area (Å²) in [6.45, 7) is 2.19. The Hall–Kier alpha value is -1.85. The molecule has 1 fully saturated rings. The number of H-pyrrole nitrogens is 1. The molecule has 1 atom stereocenters. The highest BCUT2D eigenvalue weighted by Crippen LogP contribution is 2.18. The van der Waals surface area contributed by atoms with Crippen molar-refractivity contribution in [3.63, 3.8) is 0 Å². The monoisotopic (exact) mass is 274 g/mol. The predicted octanol–water partition coefficient (Wildman–Crippen LogP) is 1.66. The zero-order valence-corrected chi connectivity index (χ0v) is 11.5. The predicted molar refractivity (Wildman–Crippen MR) is 75.8 cm³/mol. The van der Waals surface area contributed by atoms with Crippen LogP contribution in [-0.4, -0.2) is 55.3 Å². The normalized spacial score (nSPS) is 19.4. The molecule has 5 nitrogen and oxygen atoms in total. The smallest absolute Gasteiger partial charge is 0.270 e. The van der Waals surface area contributed by atoms with Crippen LogP contribution >= 0.6 is 0 Å². The summed E-state index contributed by atoms with van der Waals surface area (Å²) < 4.78 is 10.6. The van der Waals surface area contributed by atoms with Gasteiger partial charge in [-0.15, -0.1) is 0 Å². The second-order valence-electron chi connectivity index (χ2n) is 4.95. The number of nitrogens with zero attached hydrogens (tertiary/aromatic N) is 1. The number of methoxy groups -OCH3 is 1. The van der Waals surface area contributed by atoms with E-state index in [9.17, 15) is 4.79 Å². The Bertz CT molecular complexity index is 573. The van der Waals surface area contributed by atoms with E-state index in [4.69, 9.17) is 9.47 Å². The molecule has 5 heteroatoms. The second kappa shape index (κ2) is 5.64. The first-order valence-electron chi connectivity index (χ1n) is 6.75. The highest BCUT2D eigenvalue weighted by molar-refractivity contribution is 5.98. The van der Waals surface area contributed by atoms with Crippen molar-refractivity contribution in [1.29, 1.82) is 0 Å². The molecule has 1 aromatic heterocycles. The van der Waals surface area contributed by atoms with Crippen molar-refractivity contribution in [2.24, 2.45) is 0 Å². The van der Waals surface area contributed by atoms with Gasteiger partial charge in [0.2, 0.25) is 0 Å². The first kappa shape index (κ1) is 13.1. The lowest BCUT2D eigenvalue weighted by molar-refractivity contribution is -0.0253. The van der Waals surface area contributed by atoms with Gasteiger partial charge in [-0.3, -0.25) is 4.79 Å². The fourth-order valence-corrected chi connectivity index (χ4v) is 2.60. The summed E-state index contributed by atoms with van der Waals surface area (Å²) in [6, 6.07) is 9.76. The van der Waals surface area contributed by atoms with E-state index in [1.165, 1.54) is 0 Å². The number of nitrogens with one attached hydrogen (secondary N) is 1. The second-order valence-corrected chi connectivity index (χ2v) is 4.95. The van der Waals surface area contributed by atoms with Gasteiger partial charge in [0.1, 0.15) is 5.69 Å². The van der Waals surface area contributed by atoms with E-state index >= 15 is 0 Å². The minimum atomic E-state index is -0.0207. The number of ether oxygens (including phenoxy) is 2. The molecule has 2 aromatic rings. The molecule has 0 spiro atoms. The molecular formula is C15H18N2O3. The number of amides is 1. The summed E-state index contributed by atoms with van der Waals surface area (Å²) >= 11 is 0. The van der Waals surface area contributed by atoms with Gasteiger partial charge in [-0.1, -0.05) is 18.2 Å². The number of benzene rings is 1. The summed E-state index contributed by atoms with van der Waals surface area (Å²) in [5, 5.41) is 1.05. The van der Waals surface area contributed by atoms with E-state index in [-0.39, 0.29) is 11.9 Å². The Balaban J connectivity index is 1.86.